The van der Waals surface area contributed by atoms with Crippen molar-refractivity contribution in [2.45, 2.75) is 38.1 Å². The highest BCUT2D eigenvalue weighted by Crippen LogP contribution is 2.18. The number of nitrogens with zero attached hydrogens (tertiary/aromatic N) is 1. The molecule has 1 saturated heterocycles. The maximum atomic E-state index is 11.5. The van der Waals surface area contributed by atoms with Crippen LogP contribution in [0, 0.1) is 5.92 Å². The minimum Gasteiger partial charge on any atom is -0.453 e. The minimum absolute atomic E-state index is 0.193. The number of hydrogen-bond donors (Lipinski definition) is 1. The van der Waals surface area contributed by atoms with Crippen molar-refractivity contribution in [2.24, 2.45) is 5.92 Å². The van der Waals surface area contributed by atoms with Gasteiger partial charge in [0.2, 0.25) is 0 Å². The molecule has 0 bridgehead atoms. The Bertz CT molecular complexity index is 304. The molecule has 102 valence electrons. The molecule has 1 fully saturated rings. The van der Waals surface area contributed by atoms with E-state index in [2.05, 4.69) is 17.5 Å². The summed E-state index contributed by atoms with van der Waals surface area (Å²) in [4.78, 5) is 13.3. The summed E-state index contributed by atoms with van der Waals surface area (Å²) in [5.74, 6) is 0.767. The molecule has 0 aromatic heterocycles. The Hall–Kier alpha value is -1.03. The van der Waals surface area contributed by atoms with E-state index in [1.807, 2.05) is 4.90 Å². The first-order valence-electron chi connectivity index (χ1n) is 7.01. The second-order valence-corrected chi connectivity index (χ2v) is 5.31. The van der Waals surface area contributed by atoms with Crippen molar-refractivity contribution < 1.29 is 9.53 Å². The van der Waals surface area contributed by atoms with E-state index in [-0.39, 0.29) is 6.09 Å². The van der Waals surface area contributed by atoms with Crippen LogP contribution in [0.2, 0.25) is 0 Å². The molecule has 2 rings (SSSR count). The van der Waals surface area contributed by atoms with Crippen LogP contribution in [0.25, 0.3) is 0 Å². The number of carbonyl (C=O) groups is 1. The van der Waals surface area contributed by atoms with Crippen LogP contribution in [0.4, 0.5) is 4.79 Å². The van der Waals surface area contributed by atoms with Gasteiger partial charge in [0, 0.05) is 19.1 Å². The molecule has 1 aliphatic heterocycles. The standard InChI is InChI=1S/C14H24N2O2/c1-18-14(17)16-9-5-8-13(11-16)15-10-12-6-3-2-4-7-12/h2-3,12-13,15H,4-11H2,1H3. The Morgan fingerprint density at radius 2 is 2.33 bits per heavy atom. The van der Waals surface area contributed by atoms with Crippen LogP contribution in [0.5, 0.6) is 0 Å². The van der Waals surface area contributed by atoms with E-state index in [1.165, 1.54) is 26.4 Å². The normalized spacial score (nSPS) is 28.2. The van der Waals surface area contributed by atoms with E-state index in [0.717, 1.165) is 38.4 Å². The Balaban J connectivity index is 1.72. The van der Waals surface area contributed by atoms with Crippen molar-refractivity contribution in [3.05, 3.63) is 12.2 Å². The van der Waals surface area contributed by atoms with Gasteiger partial charge in [-0.15, -0.1) is 0 Å². The number of rotatable bonds is 3. The molecular weight excluding hydrogens is 228 g/mol. The van der Waals surface area contributed by atoms with Crippen LogP contribution in [-0.2, 0) is 4.74 Å². The van der Waals surface area contributed by atoms with Crippen LogP contribution in [0.3, 0.4) is 0 Å². The summed E-state index contributed by atoms with van der Waals surface area (Å²) in [7, 11) is 1.45. The van der Waals surface area contributed by atoms with Crippen molar-refractivity contribution in [1.29, 1.82) is 0 Å². The number of hydrogen-bond acceptors (Lipinski definition) is 3. The van der Waals surface area contributed by atoms with Crippen molar-refractivity contribution in [3.8, 4) is 0 Å². The van der Waals surface area contributed by atoms with Crippen molar-refractivity contribution in [3.63, 3.8) is 0 Å². The molecule has 2 atom stereocenters. The number of carbonyl (C=O) groups excluding carboxylic acids is 1. The molecule has 18 heavy (non-hydrogen) atoms. The molecule has 4 heteroatoms. The lowest BCUT2D eigenvalue weighted by molar-refractivity contribution is 0.107. The predicted octanol–water partition coefficient (Wildman–Crippen LogP) is 2.16. The zero-order valence-corrected chi connectivity index (χ0v) is 11.2. The Kier molecular flexibility index (Phi) is 5.05. The monoisotopic (exact) mass is 252 g/mol. The fraction of sp³-hybridized carbons (Fsp3) is 0.786. The average Bonchev–Trinajstić information content (AvgIpc) is 2.45. The number of amides is 1. The molecule has 1 aliphatic carbocycles. The number of nitrogens with one attached hydrogen (secondary N) is 1. The average molecular weight is 252 g/mol. The quantitative estimate of drug-likeness (QED) is 0.783. The van der Waals surface area contributed by atoms with Crippen LogP contribution in [0.15, 0.2) is 12.2 Å². The van der Waals surface area contributed by atoms with E-state index >= 15 is 0 Å². The van der Waals surface area contributed by atoms with Gasteiger partial charge in [0.25, 0.3) is 0 Å². The second-order valence-electron chi connectivity index (χ2n) is 5.31. The van der Waals surface area contributed by atoms with Gasteiger partial charge >= 0.3 is 6.09 Å². The Morgan fingerprint density at radius 1 is 1.44 bits per heavy atom. The Morgan fingerprint density at radius 3 is 3.06 bits per heavy atom. The van der Waals surface area contributed by atoms with Gasteiger partial charge < -0.3 is 15.0 Å². The molecule has 1 N–H and O–H groups in total. The summed E-state index contributed by atoms with van der Waals surface area (Å²) in [5.41, 5.74) is 0. The lowest BCUT2D eigenvalue weighted by atomic mass is 9.94. The van der Waals surface area contributed by atoms with Gasteiger partial charge in [-0.25, -0.2) is 4.79 Å². The number of methoxy groups -OCH3 is 1. The molecule has 0 spiro atoms. The maximum absolute atomic E-state index is 11.5. The molecule has 1 heterocycles. The molecule has 1 amide bonds. The van der Waals surface area contributed by atoms with Crippen LogP contribution < -0.4 is 5.32 Å². The first-order valence-corrected chi connectivity index (χ1v) is 7.01. The Labute approximate surface area is 109 Å². The molecule has 0 radical (unpaired) electrons. The minimum atomic E-state index is -0.193. The van der Waals surface area contributed by atoms with E-state index in [4.69, 9.17) is 4.74 Å². The summed E-state index contributed by atoms with van der Waals surface area (Å²) in [6.45, 7) is 2.69. The fourth-order valence-electron chi connectivity index (χ4n) is 2.81. The summed E-state index contributed by atoms with van der Waals surface area (Å²) in [6, 6.07) is 0.434. The van der Waals surface area contributed by atoms with Gasteiger partial charge in [-0.3, -0.25) is 0 Å². The topological polar surface area (TPSA) is 41.6 Å². The highest BCUT2D eigenvalue weighted by Gasteiger charge is 2.24. The van der Waals surface area contributed by atoms with Gasteiger partial charge in [0.15, 0.2) is 0 Å². The molecule has 0 aromatic rings. The smallest absolute Gasteiger partial charge is 0.409 e. The van der Waals surface area contributed by atoms with E-state index in [0.29, 0.717) is 6.04 Å². The second kappa shape index (κ2) is 6.78. The van der Waals surface area contributed by atoms with Crippen molar-refractivity contribution in [2.75, 3.05) is 26.7 Å². The van der Waals surface area contributed by atoms with Crippen LogP contribution in [0.1, 0.15) is 32.1 Å². The maximum Gasteiger partial charge on any atom is 0.409 e. The highest BCUT2D eigenvalue weighted by atomic mass is 16.5. The molecule has 0 saturated carbocycles. The SMILES string of the molecule is COC(=O)N1CCCC(NCC2CC=CCC2)C1. The van der Waals surface area contributed by atoms with Gasteiger partial charge in [-0.2, -0.15) is 0 Å². The van der Waals surface area contributed by atoms with Crippen molar-refractivity contribution >= 4 is 6.09 Å². The van der Waals surface area contributed by atoms with E-state index in [9.17, 15) is 4.79 Å². The summed E-state index contributed by atoms with van der Waals surface area (Å²) in [5, 5.41) is 3.62. The summed E-state index contributed by atoms with van der Waals surface area (Å²) in [6.07, 6.45) is 10.3. The van der Waals surface area contributed by atoms with Gasteiger partial charge in [-0.05, 0) is 44.6 Å². The lowest BCUT2D eigenvalue weighted by Crippen LogP contribution is -2.48. The third kappa shape index (κ3) is 3.73. The third-order valence-corrected chi connectivity index (χ3v) is 3.93. The molecule has 4 nitrogen and oxygen atoms in total. The number of likely N-dealkylation sites (tertiary alicyclic amines) is 1. The van der Waals surface area contributed by atoms with Gasteiger partial charge in [0.05, 0.1) is 7.11 Å². The first-order chi connectivity index (χ1) is 8.79. The lowest BCUT2D eigenvalue weighted by Gasteiger charge is -2.33. The molecule has 0 aromatic carbocycles. The summed E-state index contributed by atoms with van der Waals surface area (Å²) < 4.78 is 4.78. The van der Waals surface area contributed by atoms with Crippen LogP contribution in [-0.4, -0.2) is 43.8 Å². The first kappa shape index (κ1) is 13.4. The zero-order valence-electron chi connectivity index (χ0n) is 11.2. The number of ether oxygens (including phenoxy) is 1. The fourth-order valence-corrected chi connectivity index (χ4v) is 2.81. The van der Waals surface area contributed by atoms with E-state index in [1.54, 1.807) is 0 Å². The third-order valence-electron chi connectivity index (χ3n) is 3.93. The largest absolute Gasteiger partial charge is 0.453 e. The molecule has 2 unspecified atom stereocenters. The van der Waals surface area contributed by atoms with Gasteiger partial charge in [0.1, 0.15) is 0 Å². The van der Waals surface area contributed by atoms with Gasteiger partial charge in [-0.1, -0.05) is 12.2 Å². The van der Waals surface area contributed by atoms with Crippen LogP contribution >= 0.6 is 0 Å². The molecule has 2 aliphatic rings. The van der Waals surface area contributed by atoms with E-state index < -0.39 is 0 Å². The number of piperidine rings is 1. The van der Waals surface area contributed by atoms with Crippen molar-refractivity contribution in [1.82, 2.24) is 10.2 Å². The zero-order chi connectivity index (χ0) is 12.8. The molecular formula is C14H24N2O2. The predicted molar refractivity (Wildman–Crippen MR) is 71.5 cm³/mol. The summed E-state index contributed by atoms with van der Waals surface area (Å²) >= 11 is 0. The highest BCUT2D eigenvalue weighted by molar-refractivity contribution is 5.67. The number of allylic oxidation sites excluding steroid dienone is 2.